The molecule has 0 radical (unpaired) electrons. The SMILES string of the molecule is COC(=O)c1ccc(N(C(=O)c2ccccn2)C(C(=O)NC2CCCCC2)c2ccc(F)cc2)cc1. The Hall–Kier alpha value is -4.07. The average Bonchev–Trinajstić information content (AvgIpc) is 2.92. The number of rotatable bonds is 7. The van der Waals surface area contributed by atoms with E-state index < -0.39 is 23.7 Å². The van der Waals surface area contributed by atoms with Crippen molar-refractivity contribution in [2.24, 2.45) is 0 Å². The molecule has 0 aliphatic heterocycles. The largest absolute Gasteiger partial charge is 0.465 e. The van der Waals surface area contributed by atoms with Crippen LogP contribution in [0.25, 0.3) is 0 Å². The predicted molar refractivity (Wildman–Crippen MR) is 133 cm³/mol. The molecule has 0 bridgehead atoms. The Kier molecular flexibility index (Phi) is 8.05. The van der Waals surface area contributed by atoms with Gasteiger partial charge in [-0.05, 0) is 66.9 Å². The zero-order valence-corrected chi connectivity index (χ0v) is 20.0. The Morgan fingerprint density at radius 2 is 1.67 bits per heavy atom. The number of anilines is 1. The topological polar surface area (TPSA) is 88.6 Å². The highest BCUT2D eigenvalue weighted by molar-refractivity contribution is 6.09. The molecule has 36 heavy (non-hydrogen) atoms. The van der Waals surface area contributed by atoms with Gasteiger partial charge < -0.3 is 10.1 Å². The molecule has 186 valence electrons. The number of carbonyl (C=O) groups is 3. The maximum absolute atomic E-state index is 13.8. The molecule has 1 saturated carbocycles. The van der Waals surface area contributed by atoms with Gasteiger partial charge >= 0.3 is 5.97 Å². The van der Waals surface area contributed by atoms with Crippen molar-refractivity contribution in [1.29, 1.82) is 0 Å². The van der Waals surface area contributed by atoms with Crippen LogP contribution in [0.5, 0.6) is 0 Å². The van der Waals surface area contributed by atoms with Crippen LogP contribution in [0.4, 0.5) is 10.1 Å². The number of hydrogen-bond donors (Lipinski definition) is 1. The third-order valence-corrected chi connectivity index (χ3v) is 6.31. The van der Waals surface area contributed by atoms with Crippen LogP contribution in [-0.4, -0.2) is 35.9 Å². The minimum absolute atomic E-state index is 0.00250. The molecule has 1 heterocycles. The summed E-state index contributed by atoms with van der Waals surface area (Å²) in [4.78, 5) is 45.1. The first-order valence-electron chi connectivity index (χ1n) is 12.0. The van der Waals surface area contributed by atoms with Crippen molar-refractivity contribution in [3.8, 4) is 0 Å². The fraction of sp³-hybridized carbons (Fsp3) is 0.286. The molecule has 1 aliphatic carbocycles. The lowest BCUT2D eigenvalue weighted by molar-refractivity contribution is -0.123. The maximum atomic E-state index is 13.8. The van der Waals surface area contributed by atoms with Crippen LogP contribution in [-0.2, 0) is 9.53 Å². The lowest BCUT2D eigenvalue weighted by Crippen LogP contribution is -2.47. The summed E-state index contributed by atoms with van der Waals surface area (Å²) in [7, 11) is 1.29. The van der Waals surface area contributed by atoms with Gasteiger partial charge in [-0.3, -0.25) is 19.5 Å². The fourth-order valence-corrected chi connectivity index (χ4v) is 4.46. The van der Waals surface area contributed by atoms with E-state index in [9.17, 15) is 18.8 Å². The number of nitrogens with one attached hydrogen (secondary N) is 1. The monoisotopic (exact) mass is 489 g/mol. The van der Waals surface area contributed by atoms with Crippen LogP contribution in [0, 0.1) is 5.82 Å². The Balaban J connectivity index is 1.79. The number of esters is 1. The molecule has 1 N–H and O–H groups in total. The summed E-state index contributed by atoms with van der Waals surface area (Å²) in [5, 5.41) is 3.11. The number of carbonyl (C=O) groups excluding carboxylic acids is 3. The number of hydrogen-bond acceptors (Lipinski definition) is 5. The van der Waals surface area contributed by atoms with Crippen molar-refractivity contribution in [2.75, 3.05) is 12.0 Å². The zero-order chi connectivity index (χ0) is 25.5. The molecule has 1 fully saturated rings. The summed E-state index contributed by atoms with van der Waals surface area (Å²) in [6.45, 7) is 0. The molecule has 7 nitrogen and oxygen atoms in total. The first kappa shape index (κ1) is 25.0. The number of nitrogens with zero attached hydrogens (tertiary/aromatic N) is 2. The van der Waals surface area contributed by atoms with Gasteiger partial charge in [0.25, 0.3) is 5.91 Å². The normalized spacial score (nSPS) is 14.5. The summed E-state index contributed by atoms with van der Waals surface area (Å²) in [6, 6.07) is 15.6. The van der Waals surface area contributed by atoms with Gasteiger partial charge in [0.05, 0.1) is 12.7 Å². The summed E-state index contributed by atoms with van der Waals surface area (Å²) in [5.41, 5.74) is 1.28. The Bertz CT molecular complexity index is 1190. The van der Waals surface area contributed by atoms with Gasteiger partial charge in [-0.25, -0.2) is 9.18 Å². The lowest BCUT2D eigenvalue weighted by atomic mass is 9.94. The molecule has 1 unspecified atom stereocenters. The number of aromatic nitrogens is 1. The Morgan fingerprint density at radius 1 is 0.972 bits per heavy atom. The van der Waals surface area contributed by atoms with Crippen LogP contribution < -0.4 is 10.2 Å². The van der Waals surface area contributed by atoms with Crippen LogP contribution in [0.2, 0.25) is 0 Å². The van der Waals surface area contributed by atoms with Crippen molar-refractivity contribution in [3.63, 3.8) is 0 Å². The van der Waals surface area contributed by atoms with Crippen molar-refractivity contribution in [3.05, 3.63) is 95.6 Å². The van der Waals surface area contributed by atoms with Crippen molar-refractivity contribution >= 4 is 23.5 Å². The van der Waals surface area contributed by atoms with E-state index in [1.807, 2.05) is 0 Å². The molecule has 2 amide bonds. The van der Waals surface area contributed by atoms with Crippen molar-refractivity contribution in [2.45, 2.75) is 44.2 Å². The Labute approximate surface area is 209 Å². The van der Waals surface area contributed by atoms with Crippen LogP contribution in [0.15, 0.2) is 72.9 Å². The fourth-order valence-electron chi connectivity index (χ4n) is 4.46. The van der Waals surface area contributed by atoms with E-state index in [4.69, 9.17) is 4.74 Å². The zero-order valence-electron chi connectivity index (χ0n) is 20.0. The molecule has 8 heteroatoms. The molecule has 3 aromatic rings. The molecule has 0 spiro atoms. The van der Waals surface area contributed by atoms with Crippen molar-refractivity contribution < 1.29 is 23.5 Å². The average molecular weight is 490 g/mol. The summed E-state index contributed by atoms with van der Waals surface area (Å²) < 4.78 is 18.6. The van der Waals surface area contributed by atoms with E-state index >= 15 is 0 Å². The highest BCUT2D eigenvalue weighted by Crippen LogP contribution is 2.31. The molecule has 2 aromatic carbocycles. The minimum atomic E-state index is -1.09. The van der Waals surface area contributed by atoms with Gasteiger partial charge in [0.1, 0.15) is 17.6 Å². The van der Waals surface area contributed by atoms with Crippen molar-refractivity contribution in [1.82, 2.24) is 10.3 Å². The van der Waals surface area contributed by atoms with E-state index in [1.165, 1.54) is 54.6 Å². The van der Waals surface area contributed by atoms with Gasteiger partial charge in [-0.2, -0.15) is 0 Å². The van der Waals surface area contributed by atoms with E-state index in [0.29, 0.717) is 16.8 Å². The second kappa shape index (κ2) is 11.6. The number of pyridine rings is 1. The van der Waals surface area contributed by atoms with E-state index in [-0.39, 0.29) is 17.6 Å². The first-order valence-corrected chi connectivity index (χ1v) is 12.0. The quantitative estimate of drug-likeness (QED) is 0.480. The number of amides is 2. The predicted octanol–water partition coefficient (Wildman–Crippen LogP) is 4.84. The number of methoxy groups -OCH3 is 1. The van der Waals surface area contributed by atoms with Gasteiger partial charge in [-0.1, -0.05) is 37.5 Å². The summed E-state index contributed by atoms with van der Waals surface area (Å²) >= 11 is 0. The molecular weight excluding hydrogens is 461 g/mol. The lowest BCUT2D eigenvalue weighted by Gasteiger charge is -2.33. The van der Waals surface area contributed by atoms with Gasteiger partial charge in [0.2, 0.25) is 5.91 Å². The molecular formula is C28H28FN3O4. The maximum Gasteiger partial charge on any atom is 0.337 e. The summed E-state index contributed by atoms with van der Waals surface area (Å²) in [6.07, 6.45) is 6.41. The molecule has 1 atom stereocenters. The number of benzene rings is 2. The third kappa shape index (κ3) is 5.76. The molecule has 1 aliphatic rings. The van der Waals surface area contributed by atoms with Gasteiger partial charge in [0.15, 0.2) is 0 Å². The van der Waals surface area contributed by atoms with E-state index in [2.05, 4.69) is 10.3 Å². The standard InChI is InChI=1S/C28H28FN3O4/c1-36-28(35)20-12-16-23(17-13-20)32(27(34)24-9-5-6-18-30-24)25(19-10-14-21(29)15-11-19)26(33)31-22-7-3-2-4-8-22/h5-6,9-18,22,25H,2-4,7-8H2,1H3,(H,31,33). The van der Waals surface area contributed by atoms with Gasteiger partial charge in [0, 0.05) is 17.9 Å². The van der Waals surface area contributed by atoms with Crippen LogP contribution >= 0.6 is 0 Å². The van der Waals surface area contributed by atoms with Crippen LogP contribution in [0.3, 0.4) is 0 Å². The van der Waals surface area contributed by atoms with Crippen LogP contribution in [0.1, 0.15) is 64.6 Å². The third-order valence-electron chi connectivity index (χ3n) is 6.31. The van der Waals surface area contributed by atoms with Gasteiger partial charge in [-0.15, -0.1) is 0 Å². The molecule has 1 aromatic heterocycles. The summed E-state index contributed by atoms with van der Waals surface area (Å²) in [5.74, 6) is -1.84. The number of halogens is 1. The highest BCUT2D eigenvalue weighted by Gasteiger charge is 2.35. The minimum Gasteiger partial charge on any atom is -0.465 e. The molecule has 4 rings (SSSR count). The molecule has 0 saturated heterocycles. The number of ether oxygens (including phenoxy) is 1. The second-order valence-corrected chi connectivity index (χ2v) is 8.73. The smallest absolute Gasteiger partial charge is 0.337 e. The van der Waals surface area contributed by atoms with E-state index in [1.54, 1.807) is 30.3 Å². The Morgan fingerprint density at radius 3 is 2.28 bits per heavy atom. The first-order chi connectivity index (χ1) is 17.5. The second-order valence-electron chi connectivity index (χ2n) is 8.73. The van der Waals surface area contributed by atoms with E-state index in [0.717, 1.165) is 32.1 Å². The highest BCUT2D eigenvalue weighted by atomic mass is 19.1.